The molecule has 2 aromatic carbocycles. The number of nitrogens with zero attached hydrogens (tertiary/aromatic N) is 1. The molecule has 116 valence electrons. The van der Waals surface area contributed by atoms with Gasteiger partial charge in [0.15, 0.2) is 18.0 Å². The van der Waals surface area contributed by atoms with E-state index in [0.29, 0.717) is 11.3 Å². The van der Waals surface area contributed by atoms with Gasteiger partial charge < -0.3 is 9.26 Å². The lowest BCUT2D eigenvalue weighted by atomic mass is 10.1. The van der Waals surface area contributed by atoms with Crippen LogP contribution < -0.4 is 0 Å². The first-order valence-corrected chi connectivity index (χ1v) is 6.91. The predicted molar refractivity (Wildman–Crippen MR) is 79.4 cm³/mol. The first-order valence-electron chi connectivity index (χ1n) is 6.91. The molecular formula is C17H12FNO4. The maximum Gasteiger partial charge on any atom is 0.312 e. The van der Waals surface area contributed by atoms with Gasteiger partial charge in [-0.05, 0) is 24.3 Å². The van der Waals surface area contributed by atoms with Crippen LogP contribution >= 0.6 is 0 Å². The second-order valence-electron chi connectivity index (χ2n) is 4.90. The van der Waals surface area contributed by atoms with E-state index < -0.39 is 24.2 Å². The topological polar surface area (TPSA) is 69.4 Å². The lowest BCUT2D eigenvalue weighted by Gasteiger charge is -2.03. The maximum absolute atomic E-state index is 13.0. The number of hydrogen-bond acceptors (Lipinski definition) is 5. The third kappa shape index (κ3) is 3.42. The summed E-state index contributed by atoms with van der Waals surface area (Å²) in [5, 5.41) is 4.54. The van der Waals surface area contributed by atoms with Gasteiger partial charge in [-0.3, -0.25) is 9.59 Å². The second-order valence-corrected chi connectivity index (χ2v) is 4.90. The van der Waals surface area contributed by atoms with Crippen molar-refractivity contribution in [2.45, 2.75) is 6.42 Å². The number of Topliss-reactive ketones (excluding diaryl/α,β-unsaturated/α-hetero) is 1. The molecule has 5 nitrogen and oxygen atoms in total. The van der Waals surface area contributed by atoms with Crippen LogP contribution in [-0.2, 0) is 16.0 Å². The molecule has 0 aliphatic rings. The van der Waals surface area contributed by atoms with Crippen molar-refractivity contribution in [2.24, 2.45) is 0 Å². The first-order chi connectivity index (χ1) is 11.1. The van der Waals surface area contributed by atoms with E-state index in [1.165, 1.54) is 18.2 Å². The zero-order chi connectivity index (χ0) is 16.2. The Balaban J connectivity index is 1.60. The standard InChI is InChI=1S/C17H12FNO4/c18-12-5-3-4-11(8-12)15(20)10-22-17(21)9-14-13-6-1-2-7-16(13)23-19-14/h1-8H,9-10H2. The SMILES string of the molecule is O=C(Cc1noc2ccccc12)OCC(=O)c1cccc(F)c1. The molecule has 0 aliphatic heterocycles. The first kappa shape index (κ1) is 14.9. The third-order valence-electron chi connectivity index (χ3n) is 3.27. The zero-order valence-corrected chi connectivity index (χ0v) is 12.0. The van der Waals surface area contributed by atoms with Gasteiger partial charge in [-0.15, -0.1) is 0 Å². The maximum atomic E-state index is 13.0. The number of halogens is 1. The summed E-state index contributed by atoms with van der Waals surface area (Å²) < 4.78 is 23.1. The quantitative estimate of drug-likeness (QED) is 0.535. The summed E-state index contributed by atoms with van der Waals surface area (Å²) in [5.74, 6) is -1.59. The molecule has 0 amide bonds. The third-order valence-corrected chi connectivity index (χ3v) is 3.27. The van der Waals surface area contributed by atoms with Gasteiger partial charge in [-0.2, -0.15) is 0 Å². The summed E-state index contributed by atoms with van der Waals surface area (Å²) in [7, 11) is 0. The Morgan fingerprint density at radius 1 is 1.13 bits per heavy atom. The Morgan fingerprint density at radius 3 is 2.78 bits per heavy atom. The van der Waals surface area contributed by atoms with Crippen molar-refractivity contribution in [3.63, 3.8) is 0 Å². The molecule has 0 saturated carbocycles. The normalized spacial score (nSPS) is 10.7. The Hall–Kier alpha value is -3.02. The summed E-state index contributed by atoms with van der Waals surface area (Å²) in [6, 6.07) is 12.3. The van der Waals surface area contributed by atoms with E-state index in [1.807, 2.05) is 6.07 Å². The number of hydrogen-bond donors (Lipinski definition) is 0. The van der Waals surface area contributed by atoms with Crippen LogP contribution in [0.1, 0.15) is 16.1 Å². The van der Waals surface area contributed by atoms with Gasteiger partial charge in [0.1, 0.15) is 11.5 Å². The van der Waals surface area contributed by atoms with Gasteiger partial charge in [-0.1, -0.05) is 29.4 Å². The Labute approximate surface area is 130 Å². The molecule has 1 aromatic heterocycles. The highest BCUT2D eigenvalue weighted by Gasteiger charge is 2.15. The molecule has 0 bridgehead atoms. The van der Waals surface area contributed by atoms with Crippen LogP contribution in [0.4, 0.5) is 4.39 Å². The Morgan fingerprint density at radius 2 is 1.96 bits per heavy atom. The average Bonchev–Trinajstić information content (AvgIpc) is 2.96. The lowest BCUT2D eigenvalue weighted by Crippen LogP contribution is -2.16. The van der Waals surface area contributed by atoms with Crippen LogP contribution in [0.3, 0.4) is 0 Å². The smallest absolute Gasteiger partial charge is 0.312 e. The van der Waals surface area contributed by atoms with Crippen LogP contribution in [0, 0.1) is 5.82 Å². The highest BCUT2D eigenvalue weighted by Crippen LogP contribution is 2.18. The van der Waals surface area contributed by atoms with E-state index in [2.05, 4.69) is 5.16 Å². The van der Waals surface area contributed by atoms with Crippen molar-refractivity contribution in [3.05, 3.63) is 65.6 Å². The molecule has 0 radical (unpaired) electrons. The molecule has 0 atom stereocenters. The molecule has 0 spiro atoms. The number of ketones is 1. The number of rotatable bonds is 5. The summed E-state index contributed by atoms with van der Waals surface area (Å²) in [6.45, 7) is -0.446. The lowest BCUT2D eigenvalue weighted by molar-refractivity contribution is -0.141. The fourth-order valence-electron chi connectivity index (χ4n) is 2.14. The molecule has 6 heteroatoms. The summed E-state index contributed by atoms with van der Waals surface area (Å²) in [6.07, 6.45) is -0.104. The van der Waals surface area contributed by atoms with E-state index in [4.69, 9.17) is 9.26 Å². The largest absolute Gasteiger partial charge is 0.457 e. The number of fused-ring (bicyclic) bond motifs is 1. The molecular weight excluding hydrogens is 301 g/mol. The van der Waals surface area contributed by atoms with E-state index >= 15 is 0 Å². The van der Waals surface area contributed by atoms with E-state index in [1.54, 1.807) is 18.2 Å². The van der Waals surface area contributed by atoms with Crippen molar-refractivity contribution in [1.82, 2.24) is 5.16 Å². The van der Waals surface area contributed by atoms with Crippen LogP contribution in [-0.4, -0.2) is 23.5 Å². The van der Waals surface area contributed by atoms with Crippen LogP contribution in [0.25, 0.3) is 11.0 Å². The minimum atomic E-state index is -0.603. The second kappa shape index (κ2) is 6.39. The minimum absolute atomic E-state index is 0.104. The van der Waals surface area contributed by atoms with Crippen LogP contribution in [0.5, 0.6) is 0 Å². The number of benzene rings is 2. The molecule has 0 aliphatic carbocycles. The molecule has 3 aromatic rings. The number of carbonyl (C=O) groups excluding carboxylic acids is 2. The van der Waals surface area contributed by atoms with Crippen molar-refractivity contribution >= 4 is 22.7 Å². The fraction of sp³-hybridized carbons (Fsp3) is 0.118. The monoisotopic (exact) mass is 313 g/mol. The van der Waals surface area contributed by atoms with Crippen molar-refractivity contribution in [3.8, 4) is 0 Å². The van der Waals surface area contributed by atoms with Gasteiger partial charge in [0, 0.05) is 10.9 Å². The van der Waals surface area contributed by atoms with Crippen LogP contribution in [0.2, 0.25) is 0 Å². The zero-order valence-electron chi connectivity index (χ0n) is 12.0. The molecule has 0 unspecified atom stereocenters. The minimum Gasteiger partial charge on any atom is -0.457 e. The highest BCUT2D eigenvalue weighted by atomic mass is 19.1. The van der Waals surface area contributed by atoms with Gasteiger partial charge in [0.2, 0.25) is 0 Å². The van der Waals surface area contributed by atoms with E-state index in [-0.39, 0.29) is 12.0 Å². The molecule has 0 fully saturated rings. The number of carbonyl (C=O) groups is 2. The number of ether oxygens (including phenoxy) is 1. The van der Waals surface area contributed by atoms with Gasteiger partial charge >= 0.3 is 5.97 Å². The van der Waals surface area contributed by atoms with Gasteiger partial charge in [0.05, 0.1) is 6.42 Å². The Bertz CT molecular complexity index is 872. The molecule has 0 N–H and O–H groups in total. The molecule has 3 rings (SSSR count). The average molecular weight is 313 g/mol. The predicted octanol–water partition coefficient (Wildman–Crippen LogP) is 2.94. The van der Waals surface area contributed by atoms with E-state index in [0.717, 1.165) is 11.5 Å². The van der Waals surface area contributed by atoms with Crippen molar-refractivity contribution in [1.29, 1.82) is 0 Å². The number of esters is 1. The fourth-order valence-corrected chi connectivity index (χ4v) is 2.14. The Kier molecular flexibility index (Phi) is 4.14. The van der Waals surface area contributed by atoms with Crippen molar-refractivity contribution < 1.29 is 23.2 Å². The molecule has 23 heavy (non-hydrogen) atoms. The summed E-state index contributed by atoms with van der Waals surface area (Å²) in [5.41, 5.74) is 1.18. The molecule has 0 saturated heterocycles. The summed E-state index contributed by atoms with van der Waals surface area (Å²) >= 11 is 0. The summed E-state index contributed by atoms with van der Waals surface area (Å²) in [4.78, 5) is 23.7. The number of para-hydroxylation sites is 1. The van der Waals surface area contributed by atoms with Gasteiger partial charge in [-0.25, -0.2) is 4.39 Å². The molecule has 1 heterocycles. The van der Waals surface area contributed by atoms with Gasteiger partial charge in [0.25, 0.3) is 0 Å². The highest BCUT2D eigenvalue weighted by molar-refractivity contribution is 5.98. The van der Waals surface area contributed by atoms with Crippen molar-refractivity contribution in [2.75, 3.05) is 6.61 Å². The number of aromatic nitrogens is 1. The van der Waals surface area contributed by atoms with Crippen LogP contribution in [0.15, 0.2) is 53.1 Å². The van der Waals surface area contributed by atoms with E-state index in [9.17, 15) is 14.0 Å².